The maximum Gasteiger partial charge on any atom is 1.00 e. The molecule has 0 saturated carbocycles. The van der Waals surface area contributed by atoms with E-state index in [9.17, 15) is 23.1 Å². The van der Waals surface area contributed by atoms with Crippen LogP contribution in [0.5, 0.6) is 0 Å². The average molecular weight is 605 g/mol. The molecule has 15 heteroatoms. The molecule has 0 saturated heterocycles. The van der Waals surface area contributed by atoms with Crippen molar-refractivity contribution in [3.05, 3.63) is 119 Å². The molecule has 0 aliphatic heterocycles. The molecule has 13 nitrogen and oxygen atoms in total. The summed E-state index contributed by atoms with van der Waals surface area (Å²) in [5.41, 5.74) is 5.10. The number of nitro groups is 1. The van der Waals surface area contributed by atoms with E-state index in [1.54, 1.807) is 61.7 Å². The van der Waals surface area contributed by atoms with Gasteiger partial charge >= 0.3 is 29.6 Å². The summed E-state index contributed by atoms with van der Waals surface area (Å²) in [7, 11) is -4.52. The molecule has 0 fully saturated rings. The zero-order chi connectivity index (χ0) is 29.7. The Bertz CT molecular complexity index is 1890. The van der Waals surface area contributed by atoms with Gasteiger partial charge in [0.15, 0.2) is 0 Å². The molecule has 0 radical (unpaired) electrons. The van der Waals surface area contributed by atoms with Crippen LogP contribution in [0.3, 0.4) is 0 Å². The van der Waals surface area contributed by atoms with E-state index in [0.717, 1.165) is 11.4 Å². The second-order valence-electron chi connectivity index (χ2n) is 8.88. The Labute approximate surface area is 268 Å². The first-order chi connectivity index (χ1) is 20.1. The van der Waals surface area contributed by atoms with Crippen LogP contribution in [0.4, 0.5) is 39.8 Å². The van der Waals surface area contributed by atoms with Gasteiger partial charge in [0, 0.05) is 23.5 Å². The summed E-state index contributed by atoms with van der Waals surface area (Å²) in [5, 5.41) is 35.3. The molecular formula is C28H21N8NaO5S. The van der Waals surface area contributed by atoms with Crippen LogP contribution in [-0.2, 0) is 10.1 Å². The maximum absolute atomic E-state index is 11.1. The number of nitrogens with one attached hydrogen (secondary N) is 1. The van der Waals surface area contributed by atoms with Crippen molar-refractivity contribution in [2.45, 2.75) is 11.8 Å². The Kier molecular flexibility index (Phi) is 9.90. The van der Waals surface area contributed by atoms with Crippen molar-refractivity contribution < 1.29 is 47.5 Å². The van der Waals surface area contributed by atoms with Crippen LogP contribution in [0.2, 0.25) is 0 Å². The van der Waals surface area contributed by atoms with Crippen LogP contribution in [0.1, 0.15) is 5.69 Å². The van der Waals surface area contributed by atoms with Gasteiger partial charge < -0.3 is 9.87 Å². The number of benzene rings is 4. The molecule has 0 aliphatic rings. The molecular weight excluding hydrogens is 583 g/mol. The van der Waals surface area contributed by atoms with E-state index in [-0.39, 0.29) is 40.1 Å². The molecule has 0 atom stereocenters. The number of azo groups is 2. The standard InChI is InChI=1S/C28H22N8O5S.Na/c1-19-28(18-35(34-19)25-14-16-27(17-15-25)42(39,40)41)33-32-24-8-6-23(7-9-24)31-30-22-4-2-20(3-5-22)29-21-10-12-26(13-11-21)36(37)38;/h2-18,29H,1H3,(H,39,40,41);/q;+1/p-1. The number of nitro benzene ring substituents is 1. The van der Waals surface area contributed by atoms with Crippen molar-refractivity contribution in [2.24, 2.45) is 20.5 Å². The summed E-state index contributed by atoms with van der Waals surface area (Å²) < 4.78 is 34.9. The van der Waals surface area contributed by atoms with Crippen molar-refractivity contribution in [2.75, 3.05) is 5.32 Å². The summed E-state index contributed by atoms with van der Waals surface area (Å²) in [4.78, 5) is 10.0. The van der Waals surface area contributed by atoms with Gasteiger partial charge in [-0.05, 0) is 91.9 Å². The molecule has 43 heavy (non-hydrogen) atoms. The van der Waals surface area contributed by atoms with Gasteiger partial charge in [-0.15, -0.1) is 5.11 Å². The van der Waals surface area contributed by atoms with E-state index in [0.29, 0.717) is 34.1 Å². The number of hydrogen-bond acceptors (Lipinski definition) is 11. The zero-order valence-corrected chi connectivity index (χ0v) is 25.7. The Hall–Kier alpha value is -4.60. The number of anilines is 2. The van der Waals surface area contributed by atoms with Gasteiger partial charge in [0.1, 0.15) is 15.8 Å². The second kappa shape index (κ2) is 13.6. The Morgan fingerprint density at radius 1 is 0.744 bits per heavy atom. The molecule has 0 amide bonds. The number of aryl methyl sites for hydroxylation is 1. The third-order valence-corrected chi connectivity index (χ3v) is 6.75. The number of hydrogen-bond donors (Lipinski definition) is 1. The van der Waals surface area contributed by atoms with Gasteiger partial charge in [-0.1, -0.05) is 0 Å². The minimum Gasteiger partial charge on any atom is -0.744 e. The summed E-state index contributed by atoms with van der Waals surface area (Å²) in [5.74, 6) is 0. The van der Waals surface area contributed by atoms with E-state index in [2.05, 4.69) is 30.9 Å². The summed E-state index contributed by atoms with van der Waals surface area (Å²) in [6.45, 7) is 1.77. The van der Waals surface area contributed by atoms with E-state index < -0.39 is 15.0 Å². The van der Waals surface area contributed by atoms with Crippen LogP contribution in [0, 0.1) is 17.0 Å². The fraction of sp³-hybridized carbons (Fsp3) is 0.0357. The molecule has 1 aromatic heterocycles. The van der Waals surface area contributed by atoms with Gasteiger partial charge in [0.2, 0.25) is 0 Å². The smallest absolute Gasteiger partial charge is 0.744 e. The normalized spacial score (nSPS) is 11.5. The zero-order valence-electron chi connectivity index (χ0n) is 22.9. The molecule has 0 aliphatic carbocycles. The predicted molar refractivity (Wildman–Crippen MR) is 154 cm³/mol. The summed E-state index contributed by atoms with van der Waals surface area (Å²) in [6, 6.07) is 25.8. The molecule has 0 bridgehead atoms. The maximum atomic E-state index is 11.1. The minimum atomic E-state index is -4.52. The Balaban J connectivity index is 0.00000423. The molecule has 4 aromatic carbocycles. The van der Waals surface area contributed by atoms with Crippen LogP contribution in [-0.4, -0.2) is 27.7 Å². The first kappa shape index (κ1) is 31.3. The van der Waals surface area contributed by atoms with Gasteiger partial charge in [-0.25, -0.2) is 13.1 Å². The molecule has 0 unspecified atom stereocenters. The monoisotopic (exact) mass is 604 g/mol. The van der Waals surface area contributed by atoms with Crippen molar-refractivity contribution in [3.8, 4) is 5.69 Å². The van der Waals surface area contributed by atoms with Crippen LogP contribution >= 0.6 is 0 Å². The van der Waals surface area contributed by atoms with Crippen molar-refractivity contribution >= 4 is 49.9 Å². The van der Waals surface area contributed by atoms with E-state index >= 15 is 0 Å². The van der Waals surface area contributed by atoms with E-state index in [1.807, 2.05) is 12.1 Å². The SMILES string of the molecule is Cc1nn(-c2ccc(S(=O)(=O)[O-])cc2)cc1N=Nc1ccc(N=Nc2ccc(Nc3ccc([N+](=O)[O-])cc3)cc2)cc1.[Na+]. The summed E-state index contributed by atoms with van der Waals surface area (Å²) >= 11 is 0. The van der Waals surface area contributed by atoms with Gasteiger partial charge in [0.25, 0.3) is 5.69 Å². The quantitative estimate of drug-likeness (QED) is 0.0841. The molecule has 210 valence electrons. The van der Waals surface area contributed by atoms with Gasteiger partial charge in [-0.2, -0.15) is 20.4 Å². The van der Waals surface area contributed by atoms with Gasteiger partial charge in [0.05, 0.1) is 44.5 Å². The van der Waals surface area contributed by atoms with Gasteiger partial charge in [-0.3, -0.25) is 10.1 Å². The molecule has 1 N–H and O–H groups in total. The van der Waals surface area contributed by atoms with Crippen molar-refractivity contribution in [1.82, 2.24) is 9.78 Å². The largest absolute Gasteiger partial charge is 1.00 e. The second-order valence-corrected chi connectivity index (χ2v) is 10.3. The fourth-order valence-corrected chi connectivity index (χ4v) is 4.17. The number of rotatable bonds is 9. The molecule has 1 heterocycles. The number of nitrogens with zero attached hydrogens (tertiary/aromatic N) is 7. The Morgan fingerprint density at radius 2 is 1.21 bits per heavy atom. The molecule has 5 rings (SSSR count). The van der Waals surface area contributed by atoms with E-state index in [4.69, 9.17) is 0 Å². The summed E-state index contributed by atoms with van der Waals surface area (Å²) in [6.07, 6.45) is 1.65. The Morgan fingerprint density at radius 3 is 1.70 bits per heavy atom. The van der Waals surface area contributed by atoms with Crippen molar-refractivity contribution in [1.29, 1.82) is 0 Å². The first-order valence-electron chi connectivity index (χ1n) is 12.3. The topological polar surface area (TPSA) is 180 Å². The number of non-ortho nitro benzene ring substituents is 1. The van der Waals surface area contributed by atoms with Crippen LogP contribution < -0.4 is 34.9 Å². The van der Waals surface area contributed by atoms with E-state index in [1.165, 1.54) is 41.1 Å². The molecule has 0 spiro atoms. The van der Waals surface area contributed by atoms with Crippen molar-refractivity contribution in [3.63, 3.8) is 0 Å². The third-order valence-electron chi connectivity index (χ3n) is 5.90. The van der Waals surface area contributed by atoms with Crippen LogP contribution in [0.25, 0.3) is 5.69 Å². The van der Waals surface area contributed by atoms with Crippen LogP contribution in [0.15, 0.2) is 129 Å². The number of aromatic nitrogens is 2. The first-order valence-corrected chi connectivity index (χ1v) is 13.7. The molecule has 5 aromatic rings. The predicted octanol–water partition coefficient (Wildman–Crippen LogP) is 4.57. The third kappa shape index (κ3) is 8.24. The minimum absolute atomic E-state index is 0. The average Bonchev–Trinajstić information content (AvgIpc) is 3.36. The fourth-order valence-electron chi connectivity index (χ4n) is 3.70.